The largest absolute Gasteiger partial charge is 0.379 e. The molecule has 1 N–H and O–H groups in total. The van der Waals surface area contributed by atoms with E-state index in [0.29, 0.717) is 36.9 Å². The van der Waals surface area contributed by atoms with Crippen molar-refractivity contribution in [1.82, 2.24) is 4.31 Å². The topological polar surface area (TPSA) is 75.7 Å². The van der Waals surface area contributed by atoms with Crippen molar-refractivity contribution in [3.8, 4) is 0 Å². The van der Waals surface area contributed by atoms with Crippen molar-refractivity contribution >= 4 is 33.0 Å². The summed E-state index contributed by atoms with van der Waals surface area (Å²) in [7, 11) is -3.59. The van der Waals surface area contributed by atoms with E-state index in [4.69, 9.17) is 4.74 Å². The highest BCUT2D eigenvalue weighted by Gasteiger charge is 2.26. The summed E-state index contributed by atoms with van der Waals surface area (Å²) in [5.74, 6) is -0.178. The minimum absolute atomic E-state index is 0.178. The van der Waals surface area contributed by atoms with Gasteiger partial charge in [-0.05, 0) is 55.5 Å². The van der Waals surface area contributed by atoms with Crippen LogP contribution >= 0.6 is 11.3 Å². The summed E-state index contributed by atoms with van der Waals surface area (Å²) in [6, 6.07) is 8.50. The Morgan fingerprint density at radius 2 is 1.79 bits per heavy atom. The number of fused-ring (bicyclic) bond motifs is 1. The third-order valence-electron chi connectivity index (χ3n) is 5.42. The average molecular weight is 435 g/mol. The fourth-order valence-corrected chi connectivity index (χ4v) is 6.42. The Labute approximate surface area is 175 Å². The number of carbonyl (C=O) groups is 1. The molecule has 1 amide bonds. The highest BCUT2D eigenvalue weighted by molar-refractivity contribution is 7.89. The molecule has 156 valence electrons. The molecular weight excluding hydrogens is 408 g/mol. The molecular formula is C21H26N2O4S2. The van der Waals surface area contributed by atoms with Crippen molar-refractivity contribution in [2.45, 2.75) is 43.4 Å². The van der Waals surface area contributed by atoms with E-state index < -0.39 is 10.0 Å². The summed E-state index contributed by atoms with van der Waals surface area (Å²) in [6.45, 7) is 1.50. The molecule has 8 heteroatoms. The number of hydrogen-bond donors (Lipinski definition) is 1. The lowest BCUT2D eigenvalue weighted by Gasteiger charge is -2.26. The number of benzene rings is 1. The lowest BCUT2D eigenvalue weighted by molar-refractivity contribution is 0.0730. The molecule has 1 aromatic heterocycles. The van der Waals surface area contributed by atoms with Crippen molar-refractivity contribution < 1.29 is 17.9 Å². The molecule has 0 atom stereocenters. The van der Waals surface area contributed by atoms with E-state index in [1.165, 1.54) is 46.5 Å². The van der Waals surface area contributed by atoms with Crippen LogP contribution in [-0.4, -0.2) is 44.9 Å². The number of ether oxygens (including phenoxy) is 1. The molecule has 0 radical (unpaired) electrons. The van der Waals surface area contributed by atoms with Gasteiger partial charge in [0.2, 0.25) is 10.0 Å². The van der Waals surface area contributed by atoms with Crippen LogP contribution in [-0.2, 0) is 27.6 Å². The van der Waals surface area contributed by atoms with Crippen LogP contribution in [0.15, 0.2) is 35.2 Å². The van der Waals surface area contributed by atoms with Crippen LogP contribution in [0.2, 0.25) is 0 Å². The maximum Gasteiger partial charge on any atom is 0.265 e. The lowest BCUT2D eigenvalue weighted by Crippen LogP contribution is -2.40. The summed E-state index contributed by atoms with van der Waals surface area (Å²) >= 11 is 1.57. The van der Waals surface area contributed by atoms with Crippen LogP contribution in [0.4, 0.5) is 5.69 Å². The third kappa shape index (κ3) is 4.71. The minimum atomic E-state index is -3.59. The van der Waals surface area contributed by atoms with Crippen LogP contribution < -0.4 is 5.32 Å². The number of anilines is 1. The van der Waals surface area contributed by atoms with Crippen LogP contribution in [0.5, 0.6) is 0 Å². The number of rotatable bonds is 4. The third-order valence-corrected chi connectivity index (χ3v) is 8.55. The molecule has 1 aromatic carbocycles. The van der Waals surface area contributed by atoms with Crippen molar-refractivity contribution in [2.24, 2.45) is 0 Å². The van der Waals surface area contributed by atoms with E-state index in [1.807, 2.05) is 6.07 Å². The fourth-order valence-electron chi connectivity index (χ4n) is 3.82. The molecule has 2 aliphatic rings. The predicted molar refractivity (Wildman–Crippen MR) is 114 cm³/mol. The fraction of sp³-hybridized carbons (Fsp3) is 0.476. The van der Waals surface area contributed by atoms with E-state index in [2.05, 4.69) is 5.32 Å². The Bertz CT molecular complexity index is 953. The van der Waals surface area contributed by atoms with Gasteiger partial charge in [-0.2, -0.15) is 4.31 Å². The van der Waals surface area contributed by atoms with Gasteiger partial charge in [0.15, 0.2) is 0 Å². The molecule has 1 fully saturated rings. The van der Waals surface area contributed by atoms with Gasteiger partial charge in [0.1, 0.15) is 0 Å². The second-order valence-electron chi connectivity index (χ2n) is 7.47. The molecule has 4 rings (SSSR count). The van der Waals surface area contributed by atoms with Crippen LogP contribution in [0.25, 0.3) is 0 Å². The smallest absolute Gasteiger partial charge is 0.265 e. The van der Waals surface area contributed by atoms with Crippen LogP contribution in [0.1, 0.15) is 45.8 Å². The molecule has 2 aromatic rings. The lowest BCUT2D eigenvalue weighted by atomic mass is 10.00. The molecule has 2 heterocycles. The maximum atomic E-state index is 12.9. The van der Waals surface area contributed by atoms with Crippen LogP contribution in [0, 0.1) is 0 Å². The van der Waals surface area contributed by atoms with Gasteiger partial charge in [-0.25, -0.2) is 8.42 Å². The number of carbonyl (C=O) groups excluding carboxylic acids is 1. The van der Waals surface area contributed by atoms with E-state index in [-0.39, 0.29) is 10.8 Å². The summed E-state index contributed by atoms with van der Waals surface area (Å²) in [5, 5.41) is 2.88. The highest BCUT2D eigenvalue weighted by Crippen LogP contribution is 2.29. The number of aryl methyl sites for hydroxylation is 2. The second kappa shape index (κ2) is 8.95. The zero-order valence-corrected chi connectivity index (χ0v) is 18.0. The number of sulfonamides is 1. The summed E-state index contributed by atoms with van der Waals surface area (Å²) in [4.78, 5) is 15.0. The number of nitrogens with one attached hydrogen (secondary N) is 1. The Morgan fingerprint density at radius 3 is 2.59 bits per heavy atom. The molecule has 1 saturated heterocycles. The van der Waals surface area contributed by atoms with Gasteiger partial charge in [-0.1, -0.05) is 18.9 Å². The predicted octanol–water partition coefficient (Wildman–Crippen LogP) is 3.68. The van der Waals surface area contributed by atoms with E-state index in [9.17, 15) is 13.2 Å². The van der Waals surface area contributed by atoms with Crippen molar-refractivity contribution in [3.05, 3.63) is 45.6 Å². The molecule has 0 spiro atoms. The van der Waals surface area contributed by atoms with Gasteiger partial charge in [0.25, 0.3) is 5.91 Å². The van der Waals surface area contributed by atoms with Crippen molar-refractivity contribution in [3.63, 3.8) is 0 Å². The Morgan fingerprint density at radius 1 is 1.03 bits per heavy atom. The molecule has 6 nitrogen and oxygen atoms in total. The van der Waals surface area contributed by atoms with Crippen molar-refractivity contribution in [1.29, 1.82) is 0 Å². The monoisotopic (exact) mass is 434 g/mol. The van der Waals surface area contributed by atoms with Crippen LogP contribution in [0.3, 0.4) is 0 Å². The average Bonchev–Trinajstić information content (AvgIpc) is 3.11. The minimum Gasteiger partial charge on any atom is -0.379 e. The zero-order valence-electron chi connectivity index (χ0n) is 16.4. The van der Waals surface area contributed by atoms with Gasteiger partial charge >= 0.3 is 0 Å². The van der Waals surface area contributed by atoms with Gasteiger partial charge in [0, 0.05) is 23.7 Å². The molecule has 29 heavy (non-hydrogen) atoms. The number of morpholine rings is 1. The Balaban J connectivity index is 1.50. The first-order valence-electron chi connectivity index (χ1n) is 10.1. The number of nitrogens with zero attached hydrogens (tertiary/aromatic N) is 1. The van der Waals surface area contributed by atoms with E-state index in [1.54, 1.807) is 29.5 Å². The van der Waals surface area contributed by atoms with Gasteiger partial charge < -0.3 is 10.1 Å². The summed E-state index contributed by atoms with van der Waals surface area (Å²) in [5.41, 5.74) is 1.79. The van der Waals surface area contributed by atoms with Gasteiger partial charge in [-0.15, -0.1) is 11.3 Å². The maximum absolute atomic E-state index is 12.9. The number of thiophene rings is 1. The Kier molecular flexibility index (Phi) is 6.34. The normalized spacial score (nSPS) is 18.5. The van der Waals surface area contributed by atoms with E-state index in [0.717, 1.165) is 12.8 Å². The molecule has 1 aliphatic carbocycles. The SMILES string of the molecule is O=C(Nc1cccc(S(=O)(=O)N2CCOCC2)c1)c1cc2c(s1)CCCCCC2. The standard InChI is InChI=1S/C21H26N2O4S2/c24-21(20-14-16-6-3-1-2-4-9-19(16)28-20)22-17-7-5-8-18(15-17)29(25,26)23-10-12-27-13-11-23/h5,7-8,14-15H,1-4,6,9-13H2,(H,22,24). The molecule has 0 unspecified atom stereocenters. The Hall–Kier alpha value is -1.74. The second-order valence-corrected chi connectivity index (χ2v) is 10.5. The van der Waals surface area contributed by atoms with E-state index >= 15 is 0 Å². The summed E-state index contributed by atoms with van der Waals surface area (Å²) < 4.78 is 32.4. The highest BCUT2D eigenvalue weighted by atomic mass is 32.2. The summed E-state index contributed by atoms with van der Waals surface area (Å²) in [6.07, 6.45) is 6.93. The first kappa shape index (κ1) is 20.5. The van der Waals surface area contributed by atoms with Crippen molar-refractivity contribution in [2.75, 3.05) is 31.6 Å². The first-order valence-corrected chi connectivity index (χ1v) is 12.4. The molecule has 1 aliphatic heterocycles. The quantitative estimate of drug-likeness (QED) is 0.797. The van der Waals surface area contributed by atoms with Gasteiger partial charge in [0.05, 0.1) is 23.0 Å². The number of amides is 1. The number of hydrogen-bond acceptors (Lipinski definition) is 5. The molecule has 0 bridgehead atoms. The molecule has 0 saturated carbocycles. The van der Waals surface area contributed by atoms with Gasteiger partial charge in [-0.3, -0.25) is 4.79 Å². The zero-order chi connectivity index (χ0) is 20.3. The first-order chi connectivity index (χ1) is 14.0.